The van der Waals surface area contributed by atoms with Crippen LogP contribution >= 0.6 is 11.6 Å². The van der Waals surface area contributed by atoms with Gasteiger partial charge in [0, 0.05) is 17.1 Å². The molecule has 1 aromatic heterocycles. The number of aromatic nitrogens is 1. The Balaban J connectivity index is 1.51. The predicted octanol–water partition coefficient (Wildman–Crippen LogP) is 4.49. The van der Waals surface area contributed by atoms with Gasteiger partial charge in [-0.05, 0) is 49.4 Å². The lowest BCUT2D eigenvalue weighted by Crippen LogP contribution is -2.33. The summed E-state index contributed by atoms with van der Waals surface area (Å²) in [4.78, 5) is 4.27. The van der Waals surface area contributed by atoms with E-state index in [1.165, 1.54) is 5.56 Å². The largest absolute Gasteiger partial charge is 0.478 e. The van der Waals surface area contributed by atoms with Crippen LogP contribution in [0.15, 0.2) is 42.6 Å². The molecule has 0 radical (unpaired) electrons. The zero-order valence-corrected chi connectivity index (χ0v) is 12.8. The Labute approximate surface area is 130 Å². The minimum atomic E-state index is 0.519. The van der Waals surface area contributed by atoms with Crippen molar-refractivity contribution in [3.8, 4) is 5.88 Å². The number of pyridine rings is 1. The maximum absolute atomic E-state index is 5.92. The molecule has 1 aliphatic carbocycles. The molecule has 0 spiro atoms. The number of ether oxygens (including phenoxy) is 1. The first kappa shape index (κ1) is 14.2. The molecular weight excluding hydrogens is 284 g/mol. The van der Waals surface area contributed by atoms with Gasteiger partial charge in [-0.25, -0.2) is 4.98 Å². The molecule has 4 heteroatoms. The van der Waals surface area contributed by atoms with E-state index in [2.05, 4.69) is 22.4 Å². The van der Waals surface area contributed by atoms with Crippen LogP contribution in [0.3, 0.4) is 0 Å². The average Bonchev–Trinajstić information content (AvgIpc) is 2.46. The lowest BCUT2D eigenvalue weighted by molar-refractivity contribution is 0.327. The number of nitrogens with one attached hydrogen (secondary N) is 1. The molecule has 0 unspecified atom stereocenters. The number of halogens is 1. The molecule has 3 nitrogen and oxygen atoms in total. The van der Waals surface area contributed by atoms with E-state index in [1.54, 1.807) is 0 Å². The van der Waals surface area contributed by atoms with Gasteiger partial charge >= 0.3 is 0 Å². The Bertz CT molecular complexity index is 577. The fourth-order valence-electron chi connectivity index (χ4n) is 2.68. The molecule has 21 heavy (non-hydrogen) atoms. The normalized spacial score (nSPS) is 20.7. The fraction of sp³-hybridized carbons (Fsp3) is 0.353. The van der Waals surface area contributed by atoms with Crippen molar-refractivity contribution in [2.75, 3.05) is 11.9 Å². The molecule has 0 saturated heterocycles. The number of rotatable bonds is 5. The van der Waals surface area contributed by atoms with Crippen molar-refractivity contribution in [2.24, 2.45) is 0 Å². The highest BCUT2D eigenvalue weighted by molar-refractivity contribution is 6.30. The molecule has 0 amide bonds. The lowest BCUT2D eigenvalue weighted by Gasteiger charge is -2.36. The van der Waals surface area contributed by atoms with Crippen LogP contribution in [-0.2, 0) is 0 Å². The third-order valence-electron chi connectivity index (χ3n) is 3.88. The zero-order chi connectivity index (χ0) is 14.7. The summed E-state index contributed by atoms with van der Waals surface area (Å²) in [7, 11) is 0. The van der Waals surface area contributed by atoms with Crippen LogP contribution in [0.1, 0.15) is 31.2 Å². The van der Waals surface area contributed by atoms with Gasteiger partial charge in [-0.3, -0.25) is 0 Å². The minimum Gasteiger partial charge on any atom is -0.478 e. The van der Waals surface area contributed by atoms with Crippen molar-refractivity contribution < 1.29 is 4.74 Å². The Kier molecular flexibility index (Phi) is 4.30. The molecule has 1 N–H and O–H groups in total. The SMILES string of the molecule is CCOc1ccc(NC2CC(c3ccc(Cl)cc3)C2)cn1. The first-order valence-corrected chi connectivity index (χ1v) is 7.73. The maximum Gasteiger partial charge on any atom is 0.213 e. The summed E-state index contributed by atoms with van der Waals surface area (Å²) in [5, 5.41) is 4.31. The predicted molar refractivity (Wildman–Crippen MR) is 86.2 cm³/mol. The zero-order valence-electron chi connectivity index (χ0n) is 12.1. The summed E-state index contributed by atoms with van der Waals surface area (Å²) < 4.78 is 5.34. The minimum absolute atomic E-state index is 0.519. The molecule has 1 heterocycles. The second kappa shape index (κ2) is 6.35. The van der Waals surface area contributed by atoms with Gasteiger partial charge in [0.25, 0.3) is 0 Å². The van der Waals surface area contributed by atoms with Gasteiger partial charge in [0.1, 0.15) is 0 Å². The maximum atomic E-state index is 5.92. The fourth-order valence-corrected chi connectivity index (χ4v) is 2.80. The van der Waals surface area contributed by atoms with E-state index < -0.39 is 0 Å². The Hall–Kier alpha value is -1.74. The van der Waals surface area contributed by atoms with E-state index >= 15 is 0 Å². The van der Waals surface area contributed by atoms with Crippen molar-refractivity contribution in [1.82, 2.24) is 4.98 Å². The third-order valence-corrected chi connectivity index (χ3v) is 4.13. The van der Waals surface area contributed by atoms with Gasteiger partial charge < -0.3 is 10.1 Å². The van der Waals surface area contributed by atoms with E-state index in [9.17, 15) is 0 Å². The van der Waals surface area contributed by atoms with Gasteiger partial charge in [0.2, 0.25) is 5.88 Å². The Morgan fingerprint density at radius 2 is 1.95 bits per heavy atom. The molecule has 0 atom stereocenters. The first-order valence-electron chi connectivity index (χ1n) is 7.35. The highest BCUT2D eigenvalue weighted by atomic mass is 35.5. The van der Waals surface area contributed by atoms with Crippen molar-refractivity contribution in [2.45, 2.75) is 31.7 Å². The third kappa shape index (κ3) is 3.48. The van der Waals surface area contributed by atoms with Crippen molar-refractivity contribution in [1.29, 1.82) is 0 Å². The van der Waals surface area contributed by atoms with Crippen LogP contribution in [0.25, 0.3) is 0 Å². The van der Waals surface area contributed by atoms with E-state index in [0.717, 1.165) is 23.6 Å². The van der Waals surface area contributed by atoms with Crippen molar-refractivity contribution >= 4 is 17.3 Å². The molecule has 1 fully saturated rings. The smallest absolute Gasteiger partial charge is 0.213 e. The molecule has 3 rings (SSSR count). The summed E-state index contributed by atoms with van der Waals surface area (Å²) in [5.41, 5.74) is 2.43. The molecule has 0 aliphatic heterocycles. The topological polar surface area (TPSA) is 34.1 Å². The standard InChI is InChI=1S/C17H19ClN2O/c1-2-21-17-8-7-15(11-19-17)20-16-9-13(10-16)12-3-5-14(18)6-4-12/h3-8,11,13,16,20H,2,9-10H2,1H3. The molecule has 110 valence electrons. The highest BCUT2D eigenvalue weighted by Crippen LogP contribution is 2.38. The van der Waals surface area contributed by atoms with Crippen molar-refractivity contribution in [3.63, 3.8) is 0 Å². The van der Waals surface area contributed by atoms with Crippen LogP contribution < -0.4 is 10.1 Å². The average molecular weight is 303 g/mol. The lowest BCUT2D eigenvalue weighted by atomic mass is 9.76. The van der Waals surface area contributed by atoms with Crippen LogP contribution in [0.2, 0.25) is 5.02 Å². The first-order chi connectivity index (χ1) is 10.2. The summed E-state index contributed by atoms with van der Waals surface area (Å²) in [6, 6.07) is 12.6. The number of hydrogen-bond acceptors (Lipinski definition) is 3. The monoisotopic (exact) mass is 302 g/mol. The van der Waals surface area contributed by atoms with Gasteiger partial charge in [0.05, 0.1) is 18.5 Å². The molecule has 2 aromatic rings. The summed E-state index contributed by atoms with van der Waals surface area (Å²) in [6.45, 7) is 2.60. The molecule has 1 aromatic carbocycles. The number of benzene rings is 1. The second-order valence-electron chi connectivity index (χ2n) is 5.38. The van der Waals surface area contributed by atoms with E-state index in [-0.39, 0.29) is 0 Å². The highest BCUT2D eigenvalue weighted by Gasteiger charge is 2.30. The van der Waals surface area contributed by atoms with Gasteiger partial charge in [-0.1, -0.05) is 23.7 Å². The number of anilines is 1. The van der Waals surface area contributed by atoms with Crippen molar-refractivity contribution in [3.05, 3.63) is 53.2 Å². The van der Waals surface area contributed by atoms with E-state index in [4.69, 9.17) is 16.3 Å². The molecule has 1 saturated carbocycles. The Morgan fingerprint density at radius 3 is 2.57 bits per heavy atom. The molecular formula is C17H19ClN2O. The van der Waals surface area contributed by atoms with Crippen LogP contribution in [-0.4, -0.2) is 17.6 Å². The molecule has 1 aliphatic rings. The molecule has 0 bridgehead atoms. The Morgan fingerprint density at radius 1 is 1.19 bits per heavy atom. The number of nitrogens with zero attached hydrogens (tertiary/aromatic N) is 1. The quantitative estimate of drug-likeness (QED) is 0.883. The van der Waals surface area contributed by atoms with Gasteiger partial charge in [-0.15, -0.1) is 0 Å². The van der Waals surface area contributed by atoms with Gasteiger partial charge in [-0.2, -0.15) is 0 Å². The van der Waals surface area contributed by atoms with Gasteiger partial charge in [0.15, 0.2) is 0 Å². The second-order valence-corrected chi connectivity index (χ2v) is 5.82. The van der Waals surface area contributed by atoms with Crippen LogP contribution in [0.5, 0.6) is 5.88 Å². The van der Waals surface area contributed by atoms with E-state index in [1.807, 2.05) is 37.4 Å². The van der Waals surface area contributed by atoms with Crippen LogP contribution in [0.4, 0.5) is 5.69 Å². The summed E-state index contributed by atoms with van der Waals surface area (Å²) in [6.07, 6.45) is 4.13. The van der Waals surface area contributed by atoms with E-state index in [0.29, 0.717) is 24.4 Å². The summed E-state index contributed by atoms with van der Waals surface area (Å²) >= 11 is 5.92. The summed E-state index contributed by atoms with van der Waals surface area (Å²) in [5.74, 6) is 1.31. The number of hydrogen-bond donors (Lipinski definition) is 1. The van der Waals surface area contributed by atoms with Crippen LogP contribution in [0, 0.1) is 0 Å².